The molecule has 0 fully saturated rings. The minimum Gasteiger partial charge on any atom is -0.508 e. The Bertz CT molecular complexity index is 2020. The van der Waals surface area contributed by atoms with E-state index in [4.69, 9.17) is 24.1 Å². The first-order chi connectivity index (χ1) is 24.9. The monoisotopic (exact) mass is 702 g/mol. The van der Waals surface area contributed by atoms with E-state index in [0.717, 1.165) is 18.4 Å². The van der Waals surface area contributed by atoms with Crippen LogP contribution < -0.4 is 14.2 Å². The number of carbonyl (C=O) groups excluding carboxylic acids is 3. The minimum atomic E-state index is -0.467. The molecule has 0 spiro atoms. The van der Waals surface area contributed by atoms with Gasteiger partial charge in [-0.2, -0.15) is 0 Å². The van der Waals surface area contributed by atoms with Crippen LogP contribution in [0.4, 0.5) is 0 Å². The average molecular weight is 703 g/mol. The molecular weight excluding hydrogens is 660 g/mol. The van der Waals surface area contributed by atoms with Crippen LogP contribution in [0.3, 0.4) is 0 Å². The summed E-state index contributed by atoms with van der Waals surface area (Å²) in [6.45, 7) is 12.1. The average Bonchev–Trinajstić information content (AvgIpc) is 3.87. The number of phenolic OH excluding ortho intramolecular Hbond substituents is 1. The lowest BCUT2D eigenvalue weighted by Gasteiger charge is -2.21. The van der Waals surface area contributed by atoms with Gasteiger partial charge in [-0.1, -0.05) is 67.8 Å². The molecule has 2 bridgehead atoms. The fourth-order valence-corrected chi connectivity index (χ4v) is 6.03. The maximum Gasteiger partial charge on any atom is 0.338 e. The molecule has 0 amide bonds. The van der Waals surface area contributed by atoms with E-state index < -0.39 is 18.2 Å². The van der Waals surface area contributed by atoms with Crippen LogP contribution in [0.5, 0.6) is 23.0 Å². The summed E-state index contributed by atoms with van der Waals surface area (Å²) in [6.07, 6.45) is 7.74. The zero-order valence-corrected chi connectivity index (χ0v) is 29.7. The summed E-state index contributed by atoms with van der Waals surface area (Å²) in [7, 11) is 1.43. The highest BCUT2D eigenvalue weighted by Gasteiger charge is 2.32. The highest BCUT2D eigenvalue weighted by Crippen LogP contribution is 2.40. The van der Waals surface area contributed by atoms with Gasteiger partial charge in [0.2, 0.25) is 0 Å². The Labute approximate surface area is 303 Å². The zero-order chi connectivity index (χ0) is 37.4. The molecule has 0 saturated heterocycles. The van der Waals surface area contributed by atoms with Gasteiger partial charge in [-0.3, -0.25) is 0 Å². The molecule has 4 aromatic rings. The van der Waals surface area contributed by atoms with Crippen molar-refractivity contribution in [3.8, 4) is 23.0 Å². The third-order valence-corrected chi connectivity index (χ3v) is 8.54. The van der Waals surface area contributed by atoms with Gasteiger partial charge in [0.1, 0.15) is 23.0 Å². The molecular formula is C43H42O9. The fraction of sp³-hybridized carbons (Fsp3) is 0.233. The highest BCUT2D eigenvalue weighted by atomic mass is 16.7. The van der Waals surface area contributed by atoms with Crippen molar-refractivity contribution in [2.75, 3.05) is 7.11 Å². The lowest BCUT2D eigenvalue weighted by molar-refractivity contribution is -0.136. The first kappa shape index (κ1) is 37.3. The van der Waals surface area contributed by atoms with Gasteiger partial charge in [0.15, 0.2) is 6.29 Å². The van der Waals surface area contributed by atoms with E-state index >= 15 is 0 Å². The standard InChI is InChI=1S/C24H22O4.C10H10O3.C9H10O2/c1-15(2)24(25)28-20-12-10-19(11-13-20)26-16(3)27-22-14-18-8-4-6-17-7-5-9-21(22)23(17)18;1-7(2)10(12)13-9-5-3-8(11)4-6-9;1-11-9(10)8-5-6-2-3-7(8)4-6/h4-13,16,22H,1,14H2,2-3H3;3-6,11H,1H2,2H3;2-3,5-7H,4H2,1H3. The van der Waals surface area contributed by atoms with E-state index in [1.54, 1.807) is 38.1 Å². The number of hydrogen-bond donors (Lipinski definition) is 1. The number of ether oxygens (including phenoxy) is 5. The molecule has 0 heterocycles. The van der Waals surface area contributed by atoms with Crippen LogP contribution in [0.15, 0.2) is 133 Å². The van der Waals surface area contributed by atoms with Crippen molar-refractivity contribution in [2.24, 2.45) is 11.8 Å². The van der Waals surface area contributed by atoms with Gasteiger partial charge in [0.25, 0.3) is 0 Å². The topological polar surface area (TPSA) is 118 Å². The number of phenols is 1. The molecule has 0 aromatic heterocycles. The number of carbonyl (C=O) groups is 3. The summed E-state index contributed by atoms with van der Waals surface area (Å²) in [5.41, 5.74) is 4.07. The van der Waals surface area contributed by atoms with Crippen LogP contribution in [0.1, 0.15) is 44.4 Å². The lowest BCUT2D eigenvalue weighted by atomic mass is 10.0. The normalized spacial score (nSPS) is 17.8. The number of benzene rings is 4. The summed E-state index contributed by atoms with van der Waals surface area (Å²) in [5.74, 6) is 1.39. The zero-order valence-electron chi connectivity index (χ0n) is 29.7. The Hall–Kier alpha value is -5.93. The van der Waals surface area contributed by atoms with E-state index in [9.17, 15) is 14.4 Å². The largest absolute Gasteiger partial charge is 0.508 e. The molecule has 9 heteroatoms. The molecule has 4 aromatic carbocycles. The highest BCUT2D eigenvalue weighted by molar-refractivity contribution is 5.92. The fourth-order valence-electron chi connectivity index (χ4n) is 6.03. The Kier molecular flexibility index (Phi) is 12.1. The molecule has 0 aliphatic heterocycles. The summed E-state index contributed by atoms with van der Waals surface area (Å²) in [6, 6.07) is 25.5. The van der Waals surface area contributed by atoms with Crippen molar-refractivity contribution in [1.29, 1.82) is 0 Å². The number of allylic oxidation sites excluding steroid dienone is 3. The molecule has 0 saturated carbocycles. The first-order valence-electron chi connectivity index (χ1n) is 16.9. The lowest BCUT2D eigenvalue weighted by Crippen LogP contribution is -2.19. The van der Waals surface area contributed by atoms with Gasteiger partial charge in [-0.05, 0) is 104 Å². The molecule has 0 radical (unpaired) electrons. The molecule has 9 nitrogen and oxygen atoms in total. The second-order valence-corrected chi connectivity index (χ2v) is 12.7. The molecule has 268 valence electrons. The van der Waals surface area contributed by atoms with E-state index in [-0.39, 0.29) is 17.8 Å². The first-order valence-corrected chi connectivity index (χ1v) is 16.9. The van der Waals surface area contributed by atoms with Gasteiger partial charge < -0.3 is 28.8 Å². The summed E-state index contributed by atoms with van der Waals surface area (Å²) in [4.78, 5) is 33.7. The van der Waals surface area contributed by atoms with Gasteiger partial charge in [-0.15, -0.1) is 0 Å². The third kappa shape index (κ3) is 9.44. The van der Waals surface area contributed by atoms with E-state index in [0.29, 0.717) is 40.2 Å². The maximum absolute atomic E-state index is 11.6. The molecule has 4 unspecified atom stereocenters. The SMILES string of the molecule is C=C(C)C(=O)Oc1ccc(O)cc1.C=C(C)C(=O)Oc1ccc(OC(C)OC2Cc3cccc4cccc2c34)cc1.COC(=O)C1=CC2C=CC1C2. The van der Waals surface area contributed by atoms with Crippen molar-refractivity contribution < 1.29 is 43.2 Å². The third-order valence-electron chi connectivity index (χ3n) is 8.54. The van der Waals surface area contributed by atoms with Crippen LogP contribution in [-0.4, -0.2) is 36.4 Å². The summed E-state index contributed by atoms with van der Waals surface area (Å²) >= 11 is 0. The van der Waals surface area contributed by atoms with Gasteiger partial charge in [0.05, 0.1) is 13.2 Å². The van der Waals surface area contributed by atoms with Crippen LogP contribution >= 0.6 is 0 Å². The smallest absolute Gasteiger partial charge is 0.338 e. The van der Waals surface area contributed by atoms with E-state index in [2.05, 4.69) is 66.4 Å². The Morgan fingerprint density at radius 3 is 1.90 bits per heavy atom. The second-order valence-electron chi connectivity index (χ2n) is 12.7. The Morgan fingerprint density at radius 1 is 0.788 bits per heavy atom. The predicted octanol–water partition coefficient (Wildman–Crippen LogP) is 8.53. The Morgan fingerprint density at radius 2 is 1.37 bits per heavy atom. The quantitative estimate of drug-likeness (QED) is 0.0602. The van der Waals surface area contributed by atoms with Crippen molar-refractivity contribution >= 4 is 28.7 Å². The van der Waals surface area contributed by atoms with Crippen molar-refractivity contribution in [3.63, 3.8) is 0 Å². The van der Waals surface area contributed by atoms with Gasteiger partial charge in [0, 0.05) is 29.1 Å². The number of esters is 3. The predicted molar refractivity (Wildman–Crippen MR) is 198 cm³/mol. The number of fused-ring (bicyclic) bond motifs is 2. The van der Waals surface area contributed by atoms with E-state index in [1.807, 2.05) is 13.0 Å². The van der Waals surface area contributed by atoms with Crippen LogP contribution in [0, 0.1) is 11.8 Å². The van der Waals surface area contributed by atoms with Crippen molar-refractivity contribution in [3.05, 3.63) is 144 Å². The van der Waals surface area contributed by atoms with Crippen molar-refractivity contribution in [1.82, 2.24) is 0 Å². The number of hydrogen-bond acceptors (Lipinski definition) is 9. The van der Waals surface area contributed by atoms with Gasteiger partial charge in [-0.25, -0.2) is 14.4 Å². The molecule has 7 rings (SSSR count). The number of methoxy groups -OCH3 is 1. The molecule has 3 aliphatic carbocycles. The summed E-state index contributed by atoms with van der Waals surface area (Å²) < 4.78 is 26.8. The second kappa shape index (κ2) is 16.9. The van der Waals surface area contributed by atoms with Crippen molar-refractivity contribution in [2.45, 2.75) is 46.0 Å². The molecule has 1 N–H and O–H groups in total. The van der Waals surface area contributed by atoms with E-state index in [1.165, 1.54) is 53.3 Å². The maximum atomic E-state index is 11.6. The van der Waals surface area contributed by atoms with Crippen LogP contribution in [0.25, 0.3) is 10.8 Å². The van der Waals surface area contributed by atoms with Crippen LogP contribution in [-0.2, 0) is 30.3 Å². The summed E-state index contributed by atoms with van der Waals surface area (Å²) in [5, 5.41) is 11.5. The molecule has 3 aliphatic rings. The Balaban J connectivity index is 0.000000179. The minimum absolute atomic E-state index is 0.0214. The number of rotatable bonds is 9. The molecule has 4 atom stereocenters. The molecule has 52 heavy (non-hydrogen) atoms. The van der Waals surface area contributed by atoms with Crippen LogP contribution in [0.2, 0.25) is 0 Å². The number of aromatic hydroxyl groups is 1. The van der Waals surface area contributed by atoms with Gasteiger partial charge >= 0.3 is 17.9 Å².